The summed E-state index contributed by atoms with van der Waals surface area (Å²) < 4.78 is 22.2. The zero-order chi connectivity index (χ0) is 9.19. The average molecular weight is 190 g/mol. The molecular formula is C8H15O3P. The second-order valence-electron chi connectivity index (χ2n) is 2.75. The van der Waals surface area contributed by atoms with Crippen molar-refractivity contribution < 1.29 is 13.6 Å². The van der Waals surface area contributed by atoms with Crippen LogP contribution in [0.1, 0.15) is 20.3 Å². The molecule has 12 heavy (non-hydrogen) atoms. The van der Waals surface area contributed by atoms with Crippen molar-refractivity contribution in [3.05, 3.63) is 12.2 Å². The van der Waals surface area contributed by atoms with Crippen molar-refractivity contribution in [3.8, 4) is 0 Å². The Balaban J connectivity index is 2.59. The molecule has 1 aliphatic rings. The molecule has 1 saturated carbocycles. The Morgan fingerprint density at radius 3 is 2.17 bits per heavy atom. The first-order valence-electron chi connectivity index (χ1n) is 4.20. The summed E-state index contributed by atoms with van der Waals surface area (Å²) in [7, 11) is -2.84. The van der Waals surface area contributed by atoms with E-state index in [1.807, 2.05) is 13.8 Å². The third-order valence-electron chi connectivity index (χ3n) is 1.77. The molecule has 1 unspecified atom stereocenters. The molecule has 3 nitrogen and oxygen atoms in total. The maximum absolute atomic E-state index is 11.9. The van der Waals surface area contributed by atoms with Crippen molar-refractivity contribution in [3.63, 3.8) is 0 Å². The van der Waals surface area contributed by atoms with Gasteiger partial charge >= 0.3 is 7.60 Å². The van der Waals surface area contributed by atoms with Crippen LogP contribution in [0.2, 0.25) is 0 Å². The van der Waals surface area contributed by atoms with Crippen LogP contribution in [0.15, 0.2) is 12.2 Å². The lowest BCUT2D eigenvalue weighted by Gasteiger charge is -2.15. The molecule has 1 aliphatic carbocycles. The Bertz CT molecular complexity index is 214. The summed E-state index contributed by atoms with van der Waals surface area (Å²) in [5.41, 5.74) is 0.956. The van der Waals surface area contributed by atoms with Crippen molar-refractivity contribution >= 4 is 7.60 Å². The third kappa shape index (κ3) is 1.98. The SMILES string of the molecule is C=C1CC1P(=O)(OCC)OCC. The fourth-order valence-electron chi connectivity index (χ4n) is 1.10. The molecule has 70 valence electrons. The lowest BCUT2D eigenvalue weighted by Crippen LogP contribution is -1.99. The van der Waals surface area contributed by atoms with E-state index in [1.165, 1.54) is 0 Å². The molecule has 0 aromatic heterocycles. The van der Waals surface area contributed by atoms with Gasteiger partial charge in [-0.2, -0.15) is 0 Å². The molecule has 0 aliphatic heterocycles. The molecule has 0 heterocycles. The van der Waals surface area contributed by atoms with E-state index in [1.54, 1.807) is 0 Å². The first-order chi connectivity index (χ1) is 5.64. The lowest BCUT2D eigenvalue weighted by atomic mass is 10.7. The maximum atomic E-state index is 11.9. The normalized spacial score (nSPS) is 22.8. The summed E-state index contributed by atoms with van der Waals surface area (Å²) in [6.45, 7) is 8.24. The van der Waals surface area contributed by atoms with Crippen LogP contribution in [0.3, 0.4) is 0 Å². The highest BCUT2D eigenvalue weighted by Crippen LogP contribution is 2.64. The Hall–Kier alpha value is -0.110. The van der Waals surface area contributed by atoms with Crippen molar-refractivity contribution in [1.29, 1.82) is 0 Å². The van der Waals surface area contributed by atoms with Crippen LogP contribution in [0.4, 0.5) is 0 Å². The zero-order valence-corrected chi connectivity index (χ0v) is 8.47. The van der Waals surface area contributed by atoms with Crippen LogP contribution >= 0.6 is 7.60 Å². The standard InChI is InChI=1S/C8H15O3P/c1-4-10-12(9,11-5-2)8-6-7(8)3/h8H,3-6H2,1-2H3. The van der Waals surface area contributed by atoms with E-state index in [4.69, 9.17) is 9.05 Å². The first kappa shape index (κ1) is 9.97. The smallest absolute Gasteiger partial charge is 0.308 e. The van der Waals surface area contributed by atoms with Crippen molar-refractivity contribution in [2.45, 2.75) is 25.9 Å². The highest BCUT2D eigenvalue weighted by molar-refractivity contribution is 7.55. The van der Waals surface area contributed by atoms with Gasteiger partial charge in [0.05, 0.1) is 18.9 Å². The largest absolute Gasteiger partial charge is 0.338 e. The summed E-state index contributed by atoms with van der Waals surface area (Å²) in [6.07, 6.45) is 0.789. The van der Waals surface area contributed by atoms with Gasteiger partial charge in [-0.05, 0) is 20.3 Å². The van der Waals surface area contributed by atoms with E-state index in [0.717, 1.165) is 12.0 Å². The first-order valence-corrected chi connectivity index (χ1v) is 5.81. The summed E-state index contributed by atoms with van der Waals surface area (Å²) in [5.74, 6) is 0. The van der Waals surface area contributed by atoms with Crippen LogP contribution in [-0.2, 0) is 13.6 Å². The topological polar surface area (TPSA) is 35.5 Å². The van der Waals surface area contributed by atoms with E-state index in [9.17, 15) is 4.57 Å². The van der Waals surface area contributed by atoms with Gasteiger partial charge in [0.1, 0.15) is 0 Å². The van der Waals surface area contributed by atoms with Gasteiger partial charge in [0.25, 0.3) is 0 Å². The molecule has 1 atom stereocenters. The van der Waals surface area contributed by atoms with Crippen LogP contribution in [0.25, 0.3) is 0 Å². The Morgan fingerprint density at radius 2 is 1.92 bits per heavy atom. The maximum Gasteiger partial charge on any atom is 0.338 e. The second-order valence-corrected chi connectivity index (χ2v) is 4.97. The number of hydrogen-bond acceptors (Lipinski definition) is 3. The quantitative estimate of drug-likeness (QED) is 0.493. The van der Waals surface area contributed by atoms with Gasteiger partial charge in [-0.25, -0.2) is 0 Å². The summed E-state index contributed by atoms with van der Waals surface area (Å²) >= 11 is 0. The van der Waals surface area contributed by atoms with Crippen LogP contribution in [0, 0.1) is 0 Å². The van der Waals surface area contributed by atoms with Gasteiger partial charge in [-0.1, -0.05) is 12.2 Å². The monoisotopic (exact) mass is 190 g/mol. The molecule has 0 aromatic carbocycles. The molecule has 0 N–H and O–H groups in total. The fourth-order valence-corrected chi connectivity index (χ4v) is 3.16. The molecule has 0 spiro atoms. The predicted molar refractivity (Wildman–Crippen MR) is 48.4 cm³/mol. The van der Waals surface area contributed by atoms with E-state index < -0.39 is 7.60 Å². The summed E-state index contributed by atoms with van der Waals surface area (Å²) in [6, 6.07) is 0. The molecule has 0 radical (unpaired) electrons. The third-order valence-corrected chi connectivity index (χ3v) is 4.31. The Kier molecular flexibility index (Phi) is 3.10. The number of allylic oxidation sites excluding steroid dienone is 1. The predicted octanol–water partition coefficient (Wildman–Crippen LogP) is 2.58. The molecule has 0 amide bonds. The Morgan fingerprint density at radius 1 is 1.50 bits per heavy atom. The van der Waals surface area contributed by atoms with Crippen LogP contribution in [-0.4, -0.2) is 18.9 Å². The molecular weight excluding hydrogens is 175 g/mol. The Labute approximate surface area is 73.3 Å². The van der Waals surface area contributed by atoms with E-state index in [-0.39, 0.29) is 5.66 Å². The average Bonchev–Trinajstić information content (AvgIpc) is 2.68. The van der Waals surface area contributed by atoms with Crippen molar-refractivity contribution in [1.82, 2.24) is 0 Å². The highest BCUT2D eigenvalue weighted by atomic mass is 31.2. The van der Waals surface area contributed by atoms with Crippen LogP contribution in [0.5, 0.6) is 0 Å². The van der Waals surface area contributed by atoms with Gasteiger partial charge in [0.15, 0.2) is 0 Å². The van der Waals surface area contributed by atoms with E-state index >= 15 is 0 Å². The molecule has 0 saturated heterocycles. The van der Waals surface area contributed by atoms with E-state index in [2.05, 4.69) is 6.58 Å². The molecule has 4 heteroatoms. The van der Waals surface area contributed by atoms with Crippen molar-refractivity contribution in [2.75, 3.05) is 13.2 Å². The number of hydrogen-bond donors (Lipinski definition) is 0. The minimum Gasteiger partial charge on any atom is -0.308 e. The highest BCUT2D eigenvalue weighted by Gasteiger charge is 2.47. The summed E-state index contributed by atoms with van der Waals surface area (Å²) in [5, 5.41) is 0. The van der Waals surface area contributed by atoms with Gasteiger partial charge in [-0.15, -0.1) is 0 Å². The fraction of sp³-hybridized carbons (Fsp3) is 0.750. The minimum absolute atomic E-state index is 0.0302. The van der Waals surface area contributed by atoms with Gasteiger partial charge in [-0.3, -0.25) is 4.57 Å². The van der Waals surface area contributed by atoms with Gasteiger partial charge < -0.3 is 9.05 Å². The van der Waals surface area contributed by atoms with Crippen molar-refractivity contribution in [2.24, 2.45) is 0 Å². The molecule has 1 rings (SSSR count). The van der Waals surface area contributed by atoms with E-state index in [0.29, 0.717) is 13.2 Å². The summed E-state index contributed by atoms with van der Waals surface area (Å²) in [4.78, 5) is 0. The molecule has 1 fully saturated rings. The lowest BCUT2D eigenvalue weighted by molar-refractivity contribution is 0.219. The van der Waals surface area contributed by atoms with Crippen LogP contribution < -0.4 is 0 Å². The second kappa shape index (κ2) is 3.73. The number of rotatable bonds is 5. The van der Waals surface area contributed by atoms with Gasteiger partial charge in [0, 0.05) is 0 Å². The zero-order valence-electron chi connectivity index (χ0n) is 7.58. The minimum atomic E-state index is -2.84. The molecule has 0 aromatic rings. The van der Waals surface area contributed by atoms with Gasteiger partial charge in [0.2, 0.25) is 0 Å². The molecule has 0 bridgehead atoms.